The molecule has 0 radical (unpaired) electrons. The van der Waals surface area contributed by atoms with Crippen LogP contribution in [0.15, 0.2) is 36.7 Å². The zero-order chi connectivity index (χ0) is 17.8. The van der Waals surface area contributed by atoms with Gasteiger partial charge in [0, 0.05) is 38.6 Å². The van der Waals surface area contributed by atoms with Gasteiger partial charge in [0.1, 0.15) is 0 Å². The maximum absolute atomic E-state index is 12.5. The van der Waals surface area contributed by atoms with E-state index in [1.54, 1.807) is 9.80 Å². The standard InChI is InChI=1S/C18H21N5O2/c1-13-2-4-14(5-3-13)12-15(24)22-8-10-23(11-9-22)18(25)16-17(19)21-7-6-20-16/h2-7H,8-12H2,1H3,(H2,19,21). The van der Waals surface area contributed by atoms with E-state index in [9.17, 15) is 9.59 Å². The monoisotopic (exact) mass is 339 g/mol. The fraction of sp³-hybridized carbons (Fsp3) is 0.333. The van der Waals surface area contributed by atoms with Crippen molar-refractivity contribution in [1.82, 2.24) is 19.8 Å². The van der Waals surface area contributed by atoms with Gasteiger partial charge in [-0.1, -0.05) is 29.8 Å². The Bertz CT molecular complexity index is 767. The second-order valence-corrected chi connectivity index (χ2v) is 6.13. The number of benzene rings is 1. The normalized spacial score (nSPS) is 14.4. The lowest BCUT2D eigenvalue weighted by atomic mass is 10.1. The van der Waals surface area contributed by atoms with Crippen LogP contribution in [0.25, 0.3) is 0 Å². The molecule has 7 nitrogen and oxygen atoms in total. The molecule has 2 amide bonds. The van der Waals surface area contributed by atoms with Crippen molar-refractivity contribution in [1.29, 1.82) is 0 Å². The van der Waals surface area contributed by atoms with E-state index < -0.39 is 0 Å². The van der Waals surface area contributed by atoms with E-state index >= 15 is 0 Å². The van der Waals surface area contributed by atoms with E-state index in [-0.39, 0.29) is 23.3 Å². The maximum atomic E-state index is 12.5. The molecule has 1 fully saturated rings. The fourth-order valence-corrected chi connectivity index (χ4v) is 2.81. The van der Waals surface area contributed by atoms with E-state index in [0.29, 0.717) is 32.6 Å². The minimum absolute atomic E-state index is 0.0787. The minimum atomic E-state index is -0.240. The number of rotatable bonds is 3. The number of piperazine rings is 1. The summed E-state index contributed by atoms with van der Waals surface area (Å²) in [6.07, 6.45) is 3.28. The summed E-state index contributed by atoms with van der Waals surface area (Å²) in [6.45, 7) is 3.97. The minimum Gasteiger partial charge on any atom is -0.382 e. The fourth-order valence-electron chi connectivity index (χ4n) is 2.81. The molecule has 130 valence electrons. The van der Waals surface area contributed by atoms with Crippen LogP contribution in [0.1, 0.15) is 21.6 Å². The molecular formula is C18H21N5O2. The SMILES string of the molecule is Cc1ccc(CC(=O)N2CCN(C(=O)c3nccnc3N)CC2)cc1. The van der Waals surface area contributed by atoms with Gasteiger partial charge in [0.05, 0.1) is 6.42 Å². The van der Waals surface area contributed by atoms with E-state index in [1.807, 2.05) is 31.2 Å². The van der Waals surface area contributed by atoms with Crippen molar-refractivity contribution in [2.45, 2.75) is 13.3 Å². The van der Waals surface area contributed by atoms with Gasteiger partial charge in [-0.3, -0.25) is 9.59 Å². The molecule has 2 aromatic rings. The molecule has 25 heavy (non-hydrogen) atoms. The molecule has 1 aromatic carbocycles. The summed E-state index contributed by atoms with van der Waals surface area (Å²) >= 11 is 0. The molecule has 3 rings (SSSR count). The van der Waals surface area contributed by atoms with Crippen LogP contribution < -0.4 is 5.73 Å². The van der Waals surface area contributed by atoms with Crippen LogP contribution in [0.4, 0.5) is 5.82 Å². The molecule has 0 aliphatic carbocycles. The van der Waals surface area contributed by atoms with Crippen molar-refractivity contribution >= 4 is 17.6 Å². The molecule has 2 heterocycles. The lowest BCUT2D eigenvalue weighted by molar-refractivity contribution is -0.131. The Kier molecular flexibility index (Phi) is 4.92. The maximum Gasteiger partial charge on any atom is 0.276 e. The summed E-state index contributed by atoms with van der Waals surface area (Å²) in [7, 11) is 0. The van der Waals surface area contributed by atoms with Crippen LogP contribution in [-0.2, 0) is 11.2 Å². The third-order valence-corrected chi connectivity index (χ3v) is 4.32. The molecule has 0 spiro atoms. The first-order valence-corrected chi connectivity index (χ1v) is 8.23. The molecule has 0 saturated carbocycles. The molecular weight excluding hydrogens is 318 g/mol. The third-order valence-electron chi connectivity index (χ3n) is 4.32. The molecule has 0 atom stereocenters. The van der Waals surface area contributed by atoms with Crippen molar-refractivity contribution in [3.05, 3.63) is 53.5 Å². The lowest BCUT2D eigenvalue weighted by Gasteiger charge is -2.34. The molecule has 1 aliphatic heterocycles. The Labute approximate surface area is 146 Å². The van der Waals surface area contributed by atoms with E-state index in [4.69, 9.17) is 5.73 Å². The van der Waals surface area contributed by atoms with Gasteiger partial charge in [-0.2, -0.15) is 0 Å². The topological polar surface area (TPSA) is 92.4 Å². The van der Waals surface area contributed by atoms with Crippen LogP contribution in [0, 0.1) is 6.92 Å². The predicted molar refractivity (Wildman–Crippen MR) is 93.8 cm³/mol. The van der Waals surface area contributed by atoms with Crippen LogP contribution in [0.5, 0.6) is 0 Å². The molecule has 1 aliphatic rings. The average molecular weight is 339 g/mol. The number of hydrogen-bond donors (Lipinski definition) is 1. The van der Waals surface area contributed by atoms with E-state index in [2.05, 4.69) is 9.97 Å². The van der Waals surface area contributed by atoms with Crippen molar-refractivity contribution in [2.24, 2.45) is 0 Å². The highest BCUT2D eigenvalue weighted by atomic mass is 16.2. The predicted octanol–water partition coefficient (Wildman–Crippen LogP) is 0.894. The van der Waals surface area contributed by atoms with Crippen LogP contribution in [0.3, 0.4) is 0 Å². The van der Waals surface area contributed by atoms with Crippen molar-refractivity contribution in [3.63, 3.8) is 0 Å². The van der Waals surface area contributed by atoms with Crippen molar-refractivity contribution in [2.75, 3.05) is 31.9 Å². The third kappa shape index (κ3) is 3.93. The Hall–Kier alpha value is -2.96. The summed E-state index contributed by atoms with van der Waals surface area (Å²) < 4.78 is 0. The number of nitrogens with zero attached hydrogens (tertiary/aromatic N) is 4. The van der Waals surface area contributed by atoms with Crippen LogP contribution in [0.2, 0.25) is 0 Å². The number of anilines is 1. The zero-order valence-corrected chi connectivity index (χ0v) is 14.2. The number of amides is 2. The largest absolute Gasteiger partial charge is 0.382 e. The Morgan fingerprint density at radius 3 is 2.24 bits per heavy atom. The Morgan fingerprint density at radius 2 is 1.60 bits per heavy atom. The summed E-state index contributed by atoms with van der Waals surface area (Å²) in [4.78, 5) is 36.3. The Balaban J connectivity index is 1.56. The van der Waals surface area contributed by atoms with Crippen molar-refractivity contribution in [3.8, 4) is 0 Å². The highest BCUT2D eigenvalue weighted by Gasteiger charge is 2.26. The van der Waals surface area contributed by atoms with Gasteiger partial charge in [-0.05, 0) is 12.5 Å². The van der Waals surface area contributed by atoms with Crippen LogP contribution in [-0.4, -0.2) is 57.8 Å². The van der Waals surface area contributed by atoms with Gasteiger partial charge >= 0.3 is 0 Å². The number of nitrogen functional groups attached to an aromatic ring is 1. The molecule has 0 bridgehead atoms. The quantitative estimate of drug-likeness (QED) is 0.897. The summed E-state index contributed by atoms with van der Waals surface area (Å²) in [5, 5.41) is 0. The number of nitrogens with two attached hydrogens (primary N) is 1. The van der Waals surface area contributed by atoms with Gasteiger partial charge in [0.2, 0.25) is 5.91 Å². The smallest absolute Gasteiger partial charge is 0.276 e. The second-order valence-electron chi connectivity index (χ2n) is 6.13. The number of carbonyl (C=O) groups excluding carboxylic acids is 2. The van der Waals surface area contributed by atoms with Crippen LogP contribution >= 0.6 is 0 Å². The number of aryl methyl sites for hydroxylation is 1. The second kappa shape index (κ2) is 7.29. The lowest BCUT2D eigenvalue weighted by Crippen LogP contribution is -2.51. The highest BCUT2D eigenvalue weighted by molar-refractivity contribution is 5.96. The molecule has 2 N–H and O–H groups in total. The first kappa shape index (κ1) is 16.9. The van der Waals surface area contributed by atoms with Crippen molar-refractivity contribution < 1.29 is 9.59 Å². The van der Waals surface area contributed by atoms with Gasteiger partial charge in [-0.15, -0.1) is 0 Å². The van der Waals surface area contributed by atoms with E-state index in [0.717, 1.165) is 5.56 Å². The average Bonchev–Trinajstić information content (AvgIpc) is 2.63. The molecule has 1 saturated heterocycles. The van der Waals surface area contributed by atoms with Gasteiger partial charge < -0.3 is 15.5 Å². The molecule has 0 unspecified atom stereocenters. The Morgan fingerprint density at radius 1 is 1.00 bits per heavy atom. The number of hydrogen-bond acceptors (Lipinski definition) is 5. The van der Waals surface area contributed by atoms with E-state index in [1.165, 1.54) is 18.0 Å². The van der Waals surface area contributed by atoms with Gasteiger partial charge in [0.15, 0.2) is 11.5 Å². The molecule has 7 heteroatoms. The summed E-state index contributed by atoms with van der Waals surface area (Å²) in [5.41, 5.74) is 8.06. The molecule has 1 aromatic heterocycles. The first-order chi connectivity index (χ1) is 12.0. The summed E-state index contributed by atoms with van der Waals surface area (Å²) in [6, 6.07) is 7.96. The number of carbonyl (C=O) groups is 2. The zero-order valence-electron chi connectivity index (χ0n) is 14.2. The first-order valence-electron chi connectivity index (χ1n) is 8.23. The summed E-state index contributed by atoms with van der Waals surface area (Å²) in [5.74, 6) is -0.0309. The van der Waals surface area contributed by atoms with Gasteiger partial charge in [0.25, 0.3) is 5.91 Å². The highest BCUT2D eigenvalue weighted by Crippen LogP contribution is 2.12. The van der Waals surface area contributed by atoms with Gasteiger partial charge in [-0.25, -0.2) is 9.97 Å². The number of aromatic nitrogens is 2.